The molecule has 18 heavy (non-hydrogen) atoms. The van der Waals surface area contributed by atoms with Crippen LogP contribution in [0.1, 0.15) is 23.9 Å². The van der Waals surface area contributed by atoms with Crippen molar-refractivity contribution in [3.63, 3.8) is 0 Å². The molecule has 1 aromatic rings. The van der Waals surface area contributed by atoms with Gasteiger partial charge in [0.15, 0.2) is 5.76 Å². The molecule has 0 saturated carbocycles. The zero-order chi connectivity index (χ0) is 13.6. The number of hydrazone groups is 1. The summed E-state index contributed by atoms with van der Waals surface area (Å²) in [6, 6.07) is 2.55. The zero-order valence-electron chi connectivity index (χ0n) is 9.23. The third-order valence-electron chi connectivity index (χ3n) is 2.50. The topological polar surface area (TPSA) is 66.0 Å². The second-order valence-corrected chi connectivity index (χ2v) is 3.92. The van der Waals surface area contributed by atoms with Crippen LogP contribution < -0.4 is 0 Å². The highest BCUT2D eigenvalue weighted by molar-refractivity contribution is 5.95. The second-order valence-electron chi connectivity index (χ2n) is 3.92. The van der Waals surface area contributed by atoms with Gasteiger partial charge in [0.1, 0.15) is 0 Å². The van der Waals surface area contributed by atoms with Gasteiger partial charge in [-0.05, 0) is 19.1 Å². The Morgan fingerprint density at radius 1 is 1.61 bits per heavy atom. The van der Waals surface area contributed by atoms with E-state index in [4.69, 9.17) is 4.42 Å². The van der Waals surface area contributed by atoms with E-state index >= 15 is 0 Å². The van der Waals surface area contributed by atoms with Crippen LogP contribution >= 0.6 is 0 Å². The summed E-state index contributed by atoms with van der Waals surface area (Å²) in [5.74, 6) is -1.46. The number of rotatable bonds is 1. The molecule has 1 aromatic heterocycles. The van der Waals surface area contributed by atoms with E-state index in [2.05, 4.69) is 5.10 Å². The molecule has 98 valence electrons. The average molecular weight is 262 g/mol. The second kappa shape index (κ2) is 3.84. The molecule has 5 nitrogen and oxygen atoms in total. The number of alkyl halides is 3. The summed E-state index contributed by atoms with van der Waals surface area (Å²) in [6.07, 6.45) is -4.63. The van der Waals surface area contributed by atoms with E-state index in [1.54, 1.807) is 0 Å². The van der Waals surface area contributed by atoms with Crippen LogP contribution in [0, 0.1) is 0 Å². The molecule has 2 heterocycles. The molecule has 0 saturated heterocycles. The van der Waals surface area contributed by atoms with Gasteiger partial charge in [-0.25, -0.2) is 0 Å². The number of furan rings is 1. The zero-order valence-corrected chi connectivity index (χ0v) is 9.23. The summed E-state index contributed by atoms with van der Waals surface area (Å²) < 4.78 is 43.2. The molecule has 8 heteroatoms. The van der Waals surface area contributed by atoms with Gasteiger partial charge in [-0.2, -0.15) is 23.3 Å². The van der Waals surface area contributed by atoms with Crippen molar-refractivity contribution in [2.24, 2.45) is 5.10 Å². The van der Waals surface area contributed by atoms with Crippen LogP contribution in [-0.2, 0) is 0 Å². The molecular formula is C10H9F3N2O3. The minimum Gasteiger partial charge on any atom is -0.459 e. The third-order valence-corrected chi connectivity index (χ3v) is 2.50. The molecule has 0 fully saturated rings. The van der Waals surface area contributed by atoms with Crippen molar-refractivity contribution in [3.05, 3.63) is 24.2 Å². The Balaban J connectivity index is 2.39. The maximum Gasteiger partial charge on any atom is 0.438 e. The Bertz CT molecular complexity index is 495. The van der Waals surface area contributed by atoms with Crippen LogP contribution in [0.15, 0.2) is 27.9 Å². The largest absolute Gasteiger partial charge is 0.459 e. The van der Waals surface area contributed by atoms with Crippen molar-refractivity contribution in [2.75, 3.05) is 0 Å². The number of hydrogen-bond acceptors (Lipinski definition) is 4. The predicted molar refractivity (Wildman–Crippen MR) is 53.6 cm³/mol. The normalized spacial score (nSPS) is 24.3. The number of carbonyl (C=O) groups is 1. The molecular weight excluding hydrogens is 253 g/mol. The Morgan fingerprint density at radius 2 is 2.28 bits per heavy atom. The SMILES string of the molecule is CC1=NN(C(=O)c2ccco2)C(O)(C(F)(F)F)C1. The number of amides is 1. The monoisotopic (exact) mass is 262 g/mol. The highest BCUT2D eigenvalue weighted by Crippen LogP contribution is 2.40. The first-order valence-electron chi connectivity index (χ1n) is 4.97. The van der Waals surface area contributed by atoms with Gasteiger partial charge in [0, 0.05) is 12.1 Å². The highest BCUT2D eigenvalue weighted by Gasteiger charge is 2.63. The van der Waals surface area contributed by atoms with Crippen molar-refractivity contribution in [1.82, 2.24) is 5.01 Å². The van der Waals surface area contributed by atoms with Gasteiger partial charge in [-0.3, -0.25) is 4.79 Å². The summed E-state index contributed by atoms with van der Waals surface area (Å²) in [5.41, 5.74) is -3.31. The summed E-state index contributed by atoms with van der Waals surface area (Å²) in [5, 5.41) is 13.1. The quantitative estimate of drug-likeness (QED) is 0.838. The molecule has 1 unspecified atom stereocenters. The molecule has 1 N–H and O–H groups in total. The Hall–Kier alpha value is -1.83. The van der Waals surface area contributed by atoms with Crippen molar-refractivity contribution in [2.45, 2.75) is 25.2 Å². The molecule has 0 spiro atoms. The lowest BCUT2D eigenvalue weighted by atomic mass is 10.1. The summed E-state index contributed by atoms with van der Waals surface area (Å²) in [4.78, 5) is 11.8. The van der Waals surface area contributed by atoms with Crippen LogP contribution in [0.4, 0.5) is 13.2 Å². The lowest BCUT2D eigenvalue weighted by Crippen LogP contribution is -2.56. The fraction of sp³-hybridized carbons (Fsp3) is 0.400. The minimum atomic E-state index is -5.00. The van der Waals surface area contributed by atoms with Crippen LogP contribution in [0.2, 0.25) is 0 Å². The number of carbonyl (C=O) groups excluding carboxylic acids is 1. The maximum absolute atomic E-state index is 12.8. The van der Waals surface area contributed by atoms with Gasteiger partial charge in [0.2, 0.25) is 0 Å². The molecule has 1 aliphatic rings. The van der Waals surface area contributed by atoms with Crippen molar-refractivity contribution in [1.29, 1.82) is 0 Å². The lowest BCUT2D eigenvalue weighted by Gasteiger charge is -2.32. The summed E-state index contributed by atoms with van der Waals surface area (Å²) in [6.45, 7) is 1.30. The summed E-state index contributed by atoms with van der Waals surface area (Å²) in [7, 11) is 0. The van der Waals surface area contributed by atoms with Gasteiger partial charge in [-0.15, -0.1) is 0 Å². The molecule has 0 aliphatic carbocycles. The van der Waals surface area contributed by atoms with Crippen LogP contribution in [0.25, 0.3) is 0 Å². The number of aliphatic hydroxyl groups is 1. The summed E-state index contributed by atoms with van der Waals surface area (Å²) >= 11 is 0. The average Bonchev–Trinajstić information content (AvgIpc) is 2.84. The Morgan fingerprint density at radius 3 is 2.78 bits per heavy atom. The van der Waals surface area contributed by atoms with E-state index in [1.165, 1.54) is 19.1 Å². The van der Waals surface area contributed by atoms with Gasteiger partial charge < -0.3 is 9.52 Å². The van der Waals surface area contributed by atoms with E-state index in [9.17, 15) is 23.1 Å². The molecule has 0 bridgehead atoms. The lowest BCUT2D eigenvalue weighted by molar-refractivity contribution is -0.297. The molecule has 0 aromatic carbocycles. The van der Waals surface area contributed by atoms with Crippen molar-refractivity contribution >= 4 is 11.6 Å². The fourth-order valence-electron chi connectivity index (χ4n) is 1.66. The third kappa shape index (κ3) is 1.78. The highest BCUT2D eigenvalue weighted by atomic mass is 19.4. The smallest absolute Gasteiger partial charge is 0.438 e. The number of halogens is 3. The first kappa shape index (κ1) is 12.6. The molecule has 1 atom stereocenters. The maximum atomic E-state index is 12.8. The molecule has 1 aliphatic heterocycles. The molecule has 0 radical (unpaired) electrons. The fourth-order valence-corrected chi connectivity index (χ4v) is 1.66. The van der Waals surface area contributed by atoms with Crippen molar-refractivity contribution in [3.8, 4) is 0 Å². The van der Waals surface area contributed by atoms with Crippen LogP contribution in [0.3, 0.4) is 0 Å². The first-order chi connectivity index (χ1) is 8.25. The minimum absolute atomic E-state index is 0.00901. The number of hydrogen-bond donors (Lipinski definition) is 1. The predicted octanol–water partition coefficient (Wildman–Crippen LogP) is 1.75. The van der Waals surface area contributed by atoms with E-state index in [0.29, 0.717) is 0 Å². The molecule has 2 rings (SSSR count). The van der Waals surface area contributed by atoms with Gasteiger partial charge in [0.05, 0.1) is 6.26 Å². The van der Waals surface area contributed by atoms with Crippen LogP contribution in [-0.4, -0.2) is 33.6 Å². The first-order valence-corrected chi connectivity index (χ1v) is 4.97. The van der Waals surface area contributed by atoms with E-state index < -0.39 is 24.2 Å². The van der Waals surface area contributed by atoms with Crippen LogP contribution in [0.5, 0.6) is 0 Å². The Kier molecular flexibility index (Phi) is 2.69. The van der Waals surface area contributed by atoms with E-state index in [-0.39, 0.29) is 16.5 Å². The van der Waals surface area contributed by atoms with Gasteiger partial charge in [-0.1, -0.05) is 0 Å². The molecule has 1 amide bonds. The van der Waals surface area contributed by atoms with Crippen molar-refractivity contribution < 1.29 is 27.5 Å². The number of nitrogens with zero attached hydrogens (tertiary/aromatic N) is 2. The van der Waals surface area contributed by atoms with Gasteiger partial charge >= 0.3 is 12.1 Å². The van der Waals surface area contributed by atoms with Gasteiger partial charge in [0.25, 0.3) is 5.72 Å². The van der Waals surface area contributed by atoms with E-state index in [0.717, 1.165) is 6.26 Å². The standard InChI is InChI=1S/C10H9F3N2O3/c1-6-5-9(17,10(11,12)13)15(14-6)8(16)7-3-2-4-18-7/h2-4,17H,5H2,1H3. The van der Waals surface area contributed by atoms with E-state index in [1.807, 2.05) is 0 Å². The Labute approximate surface area is 99.5 Å².